The molecule has 3 aromatic heterocycles. The highest BCUT2D eigenvalue weighted by molar-refractivity contribution is 6.35. The van der Waals surface area contributed by atoms with Crippen LogP contribution in [0, 0.1) is 0 Å². The van der Waals surface area contributed by atoms with Gasteiger partial charge >= 0.3 is 5.97 Å². The summed E-state index contributed by atoms with van der Waals surface area (Å²) in [5.74, 6) is -0.384. The zero-order chi connectivity index (χ0) is 31.3. The number of nitrogens with zero attached hydrogens (tertiary/aromatic N) is 7. The van der Waals surface area contributed by atoms with Crippen molar-refractivity contribution in [1.82, 2.24) is 29.8 Å². The van der Waals surface area contributed by atoms with E-state index in [0.717, 1.165) is 40.1 Å². The number of methoxy groups -OCH3 is 1. The molecule has 0 radical (unpaired) electrons. The Labute approximate surface area is 268 Å². The lowest BCUT2D eigenvalue weighted by atomic mass is 9.99. The van der Waals surface area contributed by atoms with Crippen LogP contribution in [0.25, 0.3) is 22.4 Å². The quantitative estimate of drug-likeness (QED) is 0.125. The second kappa shape index (κ2) is 13.8. The molecule has 0 unspecified atom stereocenters. The lowest BCUT2D eigenvalue weighted by Gasteiger charge is -2.17. The number of carbonyl (C=O) groups excluding carboxylic acids is 1. The van der Waals surface area contributed by atoms with Crippen molar-refractivity contribution in [3.05, 3.63) is 92.5 Å². The molecule has 12 nitrogen and oxygen atoms in total. The summed E-state index contributed by atoms with van der Waals surface area (Å²) in [6, 6.07) is 12.4. The molecule has 6 rings (SSSR count). The Bertz CT molecular complexity index is 1820. The summed E-state index contributed by atoms with van der Waals surface area (Å²) in [7, 11) is 1.59. The van der Waals surface area contributed by atoms with E-state index in [9.17, 15) is 9.59 Å². The van der Waals surface area contributed by atoms with Crippen molar-refractivity contribution in [3.8, 4) is 16.8 Å². The standard InChI is InChI=1S/C31H29Cl2N7O5/c1-43-8-9-44-10-11-45-30(42)15-22-4-2-19(17-34-22)25-16-26(36-31(25)33)28-7-5-23-12-20(13-29(41)40(23)28)24-14-21(32)3-6-27(24)39-18-35-37-38-39/h2-4,6,12-14,17-18,28H,5,7-11,15-16H2,1H3/t28-/m0/s1. The summed E-state index contributed by atoms with van der Waals surface area (Å²) < 4.78 is 18.7. The van der Waals surface area contributed by atoms with Crippen molar-refractivity contribution in [2.75, 3.05) is 33.5 Å². The lowest BCUT2D eigenvalue weighted by Crippen LogP contribution is -2.27. The summed E-state index contributed by atoms with van der Waals surface area (Å²) in [6.07, 6.45) is 5.13. The lowest BCUT2D eigenvalue weighted by molar-refractivity contribution is -0.144. The molecule has 0 saturated carbocycles. The Morgan fingerprint density at radius 2 is 1.91 bits per heavy atom. The number of rotatable bonds is 12. The van der Waals surface area contributed by atoms with E-state index in [1.165, 1.54) is 11.0 Å². The maximum absolute atomic E-state index is 13.6. The number of allylic oxidation sites excluding steroid dienone is 1. The van der Waals surface area contributed by atoms with Crippen LogP contribution in [0.1, 0.15) is 35.8 Å². The van der Waals surface area contributed by atoms with Crippen LogP contribution in [0.5, 0.6) is 0 Å². The van der Waals surface area contributed by atoms with Crippen LogP contribution in [-0.2, 0) is 31.8 Å². The number of halogens is 2. The molecule has 0 saturated heterocycles. The Balaban J connectivity index is 1.12. The Kier molecular flexibility index (Phi) is 9.45. The molecule has 0 amide bonds. The van der Waals surface area contributed by atoms with Crippen molar-refractivity contribution in [3.63, 3.8) is 0 Å². The number of esters is 1. The van der Waals surface area contributed by atoms with E-state index in [0.29, 0.717) is 54.2 Å². The highest BCUT2D eigenvalue weighted by atomic mass is 35.5. The predicted octanol–water partition coefficient (Wildman–Crippen LogP) is 4.23. The number of tetrazole rings is 1. The smallest absolute Gasteiger partial charge is 0.311 e. The van der Waals surface area contributed by atoms with Crippen molar-refractivity contribution in [2.45, 2.75) is 31.7 Å². The number of pyridine rings is 2. The minimum atomic E-state index is -0.384. The molecule has 4 aromatic rings. The zero-order valence-corrected chi connectivity index (χ0v) is 25.9. The van der Waals surface area contributed by atoms with Crippen LogP contribution in [0.2, 0.25) is 5.02 Å². The third-order valence-corrected chi connectivity index (χ3v) is 8.20. The second-order valence-corrected chi connectivity index (χ2v) is 11.3. The normalized spacial score (nSPS) is 15.8. The monoisotopic (exact) mass is 649 g/mol. The van der Waals surface area contributed by atoms with Crippen molar-refractivity contribution >= 4 is 40.5 Å². The first-order valence-electron chi connectivity index (χ1n) is 14.3. The van der Waals surface area contributed by atoms with Crippen LogP contribution in [0.3, 0.4) is 0 Å². The Hall–Kier alpha value is -4.23. The number of ether oxygens (including phenoxy) is 3. The molecule has 0 aliphatic carbocycles. The molecule has 0 N–H and O–H groups in total. The van der Waals surface area contributed by atoms with Crippen LogP contribution in [0.4, 0.5) is 0 Å². The van der Waals surface area contributed by atoms with E-state index in [1.54, 1.807) is 42.1 Å². The highest BCUT2D eigenvalue weighted by Gasteiger charge is 2.32. The van der Waals surface area contributed by atoms with E-state index in [2.05, 4.69) is 25.5 Å². The molecule has 232 valence electrons. The zero-order valence-electron chi connectivity index (χ0n) is 24.4. The second-order valence-electron chi connectivity index (χ2n) is 10.5. The number of aromatic nitrogens is 6. The van der Waals surface area contributed by atoms with Gasteiger partial charge in [0.1, 0.15) is 18.1 Å². The van der Waals surface area contributed by atoms with Crippen LogP contribution < -0.4 is 5.56 Å². The fourth-order valence-corrected chi connectivity index (χ4v) is 6.00. The number of aryl methyl sites for hydroxylation is 1. The highest BCUT2D eigenvalue weighted by Crippen LogP contribution is 2.38. The van der Waals surface area contributed by atoms with Gasteiger partial charge in [0.2, 0.25) is 0 Å². The maximum atomic E-state index is 13.6. The third kappa shape index (κ3) is 6.89. The molecule has 14 heteroatoms. The molecule has 0 bridgehead atoms. The van der Waals surface area contributed by atoms with E-state index in [4.69, 9.17) is 37.4 Å². The van der Waals surface area contributed by atoms with Crippen LogP contribution >= 0.6 is 23.2 Å². The van der Waals surface area contributed by atoms with E-state index >= 15 is 0 Å². The molecule has 0 spiro atoms. The molecular weight excluding hydrogens is 621 g/mol. The summed E-state index contributed by atoms with van der Waals surface area (Å²) in [5, 5.41) is 12.4. The Morgan fingerprint density at radius 1 is 1.04 bits per heavy atom. The van der Waals surface area contributed by atoms with Gasteiger partial charge in [-0.3, -0.25) is 14.6 Å². The minimum absolute atomic E-state index is 0.0447. The summed E-state index contributed by atoms with van der Waals surface area (Å²) in [4.78, 5) is 34.8. The fourth-order valence-electron chi connectivity index (χ4n) is 5.54. The number of aliphatic imine (C=N–C) groups is 1. The number of fused-ring (bicyclic) bond motifs is 1. The first-order chi connectivity index (χ1) is 21.9. The summed E-state index contributed by atoms with van der Waals surface area (Å²) >= 11 is 12.9. The minimum Gasteiger partial charge on any atom is -0.463 e. The van der Waals surface area contributed by atoms with Gasteiger partial charge in [-0.1, -0.05) is 29.3 Å². The van der Waals surface area contributed by atoms with E-state index < -0.39 is 0 Å². The first kappa shape index (κ1) is 30.8. The van der Waals surface area contributed by atoms with Gasteiger partial charge < -0.3 is 18.8 Å². The third-order valence-electron chi connectivity index (χ3n) is 7.65. The van der Waals surface area contributed by atoms with E-state index in [-0.39, 0.29) is 30.6 Å². The van der Waals surface area contributed by atoms with Gasteiger partial charge in [0.15, 0.2) is 0 Å². The van der Waals surface area contributed by atoms with Gasteiger partial charge in [0, 0.05) is 53.4 Å². The number of benzene rings is 1. The largest absolute Gasteiger partial charge is 0.463 e. The average Bonchev–Trinajstić information content (AvgIpc) is 3.80. The molecule has 5 heterocycles. The summed E-state index contributed by atoms with van der Waals surface area (Å²) in [6.45, 7) is 1.40. The molecule has 1 atom stereocenters. The SMILES string of the molecule is COCCOCCOC(=O)Cc1ccc(C2=C(Cl)N=C([C@@H]3CCc4cc(-c5cc(Cl)ccc5-n5cnnn5)cc(=O)n43)C2)cn1. The molecular formula is C31H29Cl2N7O5. The van der Waals surface area contributed by atoms with Gasteiger partial charge in [0.05, 0.1) is 43.7 Å². The molecule has 0 fully saturated rings. The Morgan fingerprint density at radius 3 is 2.69 bits per heavy atom. The fraction of sp³-hybridized carbons (Fsp3) is 0.323. The van der Waals surface area contributed by atoms with Gasteiger partial charge in [-0.25, -0.2) is 4.99 Å². The topological polar surface area (TPSA) is 136 Å². The van der Waals surface area contributed by atoms with Crippen LogP contribution in [-0.4, -0.2) is 75.0 Å². The van der Waals surface area contributed by atoms with Crippen molar-refractivity contribution < 1.29 is 19.0 Å². The summed E-state index contributed by atoms with van der Waals surface area (Å²) in [5.41, 5.74) is 5.98. The number of carbonyl (C=O) groups is 1. The molecule has 2 aliphatic rings. The van der Waals surface area contributed by atoms with Gasteiger partial charge in [0.25, 0.3) is 5.56 Å². The molecule has 2 aliphatic heterocycles. The van der Waals surface area contributed by atoms with Crippen molar-refractivity contribution in [1.29, 1.82) is 0 Å². The van der Waals surface area contributed by atoms with Crippen LogP contribution in [0.15, 0.2) is 69.9 Å². The maximum Gasteiger partial charge on any atom is 0.311 e. The first-order valence-corrected chi connectivity index (χ1v) is 15.1. The predicted molar refractivity (Wildman–Crippen MR) is 168 cm³/mol. The molecule has 45 heavy (non-hydrogen) atoms. The average molecular weight is 651 g/mol. The van der Waals surface area contributed by atoms with Gasteiger partial charge in [-0.15, -0.1) is 5.10 Å². The molecule has 1 aromatic carbocycles. The van der Waals surface area contributed by atoms with E-state index in [1.807, 2.05) is 18.2 Å². The number of hydrogen-bond acceptors (Lipinski definition) is 10. The van der Waals surface area contributed by atoms with Gasteiger partial charge in [-0.2, -0.15) is 4.68 Å². The van der Waals surface area contributed by atoms with Gasteiger partial charge in [-0.05, 0) is 64.7 Å². The number of hydrogen-bond donors (Lipinski definition) is 0. The van der Waals surface area contributed by atoms with Crippen molar-refractivity contribution in [2.24, 2.45) is 4.99 Å².